The van der Waals surface area contributed by atoms with Crippen molar-refractivity contribution in [2.45, 2.75) is 71.8 Å². The second-order valence-electron chi connectivity index (χ2n) is 7.40. The topological polar surface area (TPSA) is 80.0 Å². The molecule has 0 bridgehead atoms. The third-order valence-corrected chi connectivity index (χ3v) is 4.05. The van der Waals surface area contributed by atoms with Crippen LogP contribution in [0, 0.1) is 11.8 Å². The summed E-state index contributed by atoms with van der Waals surface area (Å²) in [4.78, 5) is 11.9. The molecular formula is C18H35NO5. The molecule has 0 saturated carbocycles. The number of nitrogens with two attached hydrogens (primary N) is 1. The van der Waals surface area contributed by atoms with Gasteiger partial charge in [0.2, 0.25) is 0 Å². The van der Waals surface area contributed by atoms with E-state index in [2.05, 4.69) is 27.7 Å². The van der Waals surface area contributed by atoms with Crippen molar-refractivity contribution in [2.75, 3.05) is 26.4 Å². The maximum atomic E-state index is 11.9. The van der Waals surface area contributed by atoms with E-state index in [0.717, 1.165) is 12.8 Å². The molecule has 0 aromatic heterocycles. The molecule has 0 aliphatic carbocycles. The molecule has 1 fully saturated rings. The van der Waals surface area contributed by atoms with Gasteiger partial charge in [-0.1, -0.05) is 27.7 Å². The predicted molar refractivity (Wildman–Crippen MR) is 92.7 cm³/mol. The van der Waals surface area contributed by atoms with Crippen LogP contribution in [0.4, 0.5) is 0 Å². The summed E-state index contributed by atoms with van der Waals surface area (Å²) < 4.78 is 23.1. The number of esters is 1. The van der Waals surface area contributed by atoms with Gasteiger partial charge >= 0.3 is 5.97 Å². The Bertz CT molecular complexity index is 361. The fourth-order valence-electron chi connectivity index (χ4n) is 2.39. The Morgan fingerprint density at radius 1 is 1.08 bits per heavy atom. The largest absolute Gasteiger partial charge is 0.459 e. The Labute approximate surface area is 146 Å². The molecule has 0 radical (unpaired) electrons. The van der Waals surface area contributed by atoms with E-state index in [4.69, 9.17) is 24.7 Å². The van der Waals surface area contributed by atoms with E-state index in [1.54, 1.807) is 0 Å². The highest BCUT2D eigenvalue weighted by Crippen LogP contribution is 2.17. The number of cyclic esters (lactones) is 1. The van der Waals surface area contributed by atoms with Crippen molar-refractivity contribution in [2.24, 2.45) is 17.6 Å². The van der Waals surface area contributed by atoms with Gasteiger partial charge in [0.25, 0.3) is 0 Å². The van der Waals surface area contributed by atoms with E-state index in [0.29, 0.717) is 31.7 Å². The van der Waals surface area contributed by atoms with Gasteiger partial charge in [-0.15, -0.1) is 0 Å². The molecule has 1 saturated heterocycles. The van der Waals surface area contributed by atoms with E-state index >= 15 is 0 Å². The summed E-state index contributed by atoms with van der Waals surface area (Å²) in [6.45, 7) is 12.1. The Hall–Kier alpha value is -0.690. The maximum Gasteiger partial charge on any atom is 0.325 e. The van der Waals surface area contributed by atoms with E-state index in [-0.39, 0.29) is 18.8 Å². The molecule has 0 aromatic rings. The van der Waals surface area contributed by atoms with Crippen molar-refractivity contribution >= 4 is 5.97 Å². The highest BCUT2D eigenvalue weighted by Gasteiger charge is 2.34. The van der Waals surface area contributed by atoms with Crippen molar-refractivity contribution in [3.63, 3.8) is 0 Å². The summed E-state index contributed by atoms with van der Waals surface area (Å²) in [6, 6.07) is -0.766. The second-order valence-corrected chi connectivity index (χ2v) is 7.40. The summed E-state index contributed by atoms with van der Waals surface area (Å²) in [6.07, 6.45) is 0.842. The fourth-order valence-corrected chi connectivity index (χ4v) is 2.39. The quantitative estimate of drug-likeness (QED) is 0.679. The van der Waals surface area contributed by atoms with Crippen LogP contribution in [0.5, 0.6) is 0 Å². The Balaban J connectivity index is 2.74. The van der Waals surface area contributed by atoms with Crippen molar-refractivity contribution in [1.82, 2.24) is 0 Å². The van der Waals surface area contributed by atoms with Crippen LogP contribution in [0.2, 0.25) is 0 Å². The van der Waals surface area contributed by atoms with Gasteiger partial charge in [-0.25, -0.2) is 0 Å². The zero-order valence-electron chi connectivity index (χ0n) is 15.8. The Kier molecular flexibility index (Phi) is 9.81. The van der Waals surface area contributed by atoms with Gasteiger partial charge in [0, 0.05) is 13.2 Å². The molecule has 0 spiro atoms. The van der Waals surface area contributed by atoms with E-state index in [1.165, 1.54) is 0 Å². The van der Waals surface area contributed by atoms with Crippen LogP contribution >= 0.6 is 0 Å². The molecule has 2 N–H and O–H groups in total. The number of rotatable bonds is 8. The van der Waals surface area contributed by atoms with E-state index in [9.17, 15) is 4.79 Å². The highest BCUT2D eigenvalue weighted by atomic mass is 16.6. The lowest BCUT2D eigenvalue weighted by atomic mass is 10.1. The molecule has 1 aliphatic heterocycles. The predicted octanol–water partition coefficient (Wildman–Crippen LogP) is 2.14. The first-order valence-electron chi connectivity index (χ1n) is 9.08. The Morgan fingerprint density at radius 2 is 1.67 bits per heavy atom. The SMILES string of the molecule is CC(C)CCOC1COCC(N)C(=O)OC(C)C1OCCC(C)C. The van der Waals surface area contributed by atoms with Crippen molar-refractivity contribution in [3.8, 4) is 0 Å². The summed E-state index contributed by atoms with van der Waals surface area (Å²) in [7, 11) is 0. The maximum absolute atomic E-state index is 11.9. The second kappa shape index (κ2) is 11.0. The highest BCUT2D eigenvalue weighted by molar-refractivity contribution is 5.75. The first-order valence-corrected chi connectivity index (χ1v) is 9.08. The van der Waals surface area contributed by atoms with Crippen LogP contribution in [0.25, 0.3) is 0 Å². The number of hydrogen-bond donors (Lipinski definition) is 1. The molecule has 6 nitrogen and oxygen atoms in total. The Morgan fingerprint density at radius 3 is 2.25 bits per heavy atom. The average Bonchev–Trinajstić information content (AvgIpc) is 2.52. The molecular weight excluding hydrogens is 310 g/mol. The van der Waals surface area contributed by atoms with Crippen LogP contribution in [0.1, 0.15) is 47.5 Å². The minimum absolute atomic E-state index is 0.133. The smallest absolute Gasteiger partial charge is 0.325 e. The molecule has 1 rings (SSSR count). The fraction of sp³-hybridized carbons (Fsp3) is 0.944. The monoisotopic (exact) mass is 345 g/mol. The molecule has 24 heavy (non-hydrogen) atoms. The van der Waals surface area contributed by atoms with Crippen molar-refractivity contribution < 1.29 is 23.7 Å². The first-order chi connectivity index (χ1) is 11.3. The standard InChI is InChI=1S/C18H35NO5/c1-12(2)6-8-22-16-11-21-10-15(19)18(20)24-14(5)17(16)23-9-7-13(3)4/h12-17H,6-11,19H2,1-5H3. The third kappa shape index (κ3) is 7.92. The lowest BCUT2D eigenvalue weighted by Gasteiger charge is -2.31. The molecule has 6 heteroatoms. The lowest BCUT2D eigenvalue weighted by molar-refractivity contribution is -0.168. The number of carbonyl (C=O) groups is 1. The number of ether oxygens (including phenoxy) is 4. The summed E-state index contributed by atoms with van der Waals surface area (Å²) >= 11 is 0. The molecule has 4 unspecified atom stereocenters. The zero-order chi connectivity index (χ0) is 18.1. The minimum atomic E-state index is -0.766. The van der Waals surface area contributed by atoms with Crippen molar-refractivity contribution in [3.05, 3.63) is 0 Å². The van der Waals surface area contributed by atoms with Crippen LogP contribution in [-0.2, 0) is 23.7 Å². The van der Waals surface area contributed by atoms with E-state index in [1.807, 2.05) is 6.92 Å². The molecule has 1 heterocycles. The molecule has 1 aliphatic rings. The summed E-state index contributed by atoms with van der Waals surface area (Å²) in [5.41, 5.74) is 5.77. The first kappa shape index (κ1) is 21.4. The molecule has 4 atom stereocenters. The molecule has 142 valence electrons. The lowest BCUT2D eigenvalue weighted by Crippen LogP contribution is -2.45. The normalized spacial score (nSPS) is 29.2. The number of carbonyl (C=O) groups excluding carboxylic acids is 1. The van der Waals surface area contributed by atoms with Gasteiger partial charge in [0.1, 0.15) is 24.4 Å². The number of hydrogen-bond acceptors (Lipinski definition) is 6. The summed E-state index contributed by atoms with van der Waals surface area (Å²) in [5.74, 6) is 0.651. The average molecular weight is 345 g/mol. The van der Waals surface area contributed by atoms with Gasteiger partial charge in [-0.05, 0) is 31.6 Å². The zero-order valence-corrected chi connectivity index (χ0v) is 15.8. The van der Waals surface area contributed by atoms with Crippen molar-refractivity contribution in [1.29, 1.82) is 0 Å². The molecule has 0 amide bonds. The van der Waals surface area contributed by atoms with Gasteiger partial charge < -0.3 is 24.7 Å². The van der Waals surface area contributed by atoms with Crippen LogP contribution < -0.4 is 5.73 Å². The van der Waals surface area contributed by atoms with Crippen LogP contribution in [0.3, 0.4) is 0 Å². The summed E-state index contributed by atoms with van der Waals surface area (Å²) in [5, 5.41) is 0. The molecule has 0 aromatic carbocycles. The van der Waals surface area contributed by atoms with Gasteiger partial charge in [-0.2, -0.15) is 0 Å². The third-order valence-electron chi connectivity index (χ3n) is 4.05. The van der Waals surface area contributed by atoms with Gasteiger partial charge in [0.15, 0.2) is 0 Å². The van der Waals surface area contributed by atoms with E-state index < -0.39 is 18.1 Å². The van der Waals surface area contributed by atoms with Crippen LogP contribution in [-0.4, -0.2) is 56.8 Å². The minimum Gasteiger partial charge on any atom is -0.459 e. The van der Waals surface area contributed by atoms with Gasteiger partial charge in [0.05, 0.1) is 13.2 Å². The van der Waals surface area contributed by atoms with Gasteiger partial charge in [-0.3, -0.25) is 4.79 Å². The van der Waals surface area contributed by atoms with Crippen LogP contribution in [0.15, 0.2) is 0 Å².